The number of hydrogen-bond acceptors (Lipinski definition) is 2. The molecule has 24 heavy (non-hydrogen) atoms. The van der Waals surface area contributed by atoms with Crippen LogP contribution >= 0.6 is 24.0 Å². The van der Waals surface area contributed by atoms with Gasteiger partial charge in [-0.3, -0.25) is 4.99 Å². The minimum atomic E-state index is -0.552. The Morgan fingerprint density at radius 2 is 2.21 bits per heavy atom. The van der Waals surface area contributed by atoms with E-state index in [1.54, 1.807) is 14.2 Å². The van der Waals surface area contributed by atoms with Crippen molar-refractivity contribution in [1.82, 2.24) is 10.2 Å². The van der Waals surface area contributed by atoms with Gasteiger partial charge < -0.3 is 15.0 Å². The Balaban J connectivity index is 0.00000288. The zero-order chi connectivity index (χ0) is 16.8. The van der Waals surface area contributed by atoms with Gasteiger partial charge in [0.2, 0.25) is 0 Å². The van der Waals surface area contributed by atoms with E-state index in [0.717, 1.165) is 38.1 Å². The van der Waals surface area contributed by atoms with E-state index in [9.17, 15) is 8.78 Å². The molecule has 136 valence electrons. The van der Waals surface area contributed by atoms with Crippen LogP contribution in [0.25, 0.3) is 0 Å². The van der Waals surface area contributed by atoms with Crippen molar-refractivity contribution in [3.63, 3.8) is 0 Å². The number of aliphatic imine (C=N–C) groups is 1. The monoisotopic (exact) mass is 453 g/mol. The first-order valence-corrected chi connectivity index (χ1v) is 7.94. The van der Waals surface area contributed by atoms with Crippen LogP contribution in [0, 0.1) is 17.6 Å². The third-order valence-electron chi connectivity index (χ3n) is 4.26. The lowest BCUT2D eigenvalue weighted by Crippen LogP contribution is -2.41. The van der Waals surface area contributed by atoms with Crippen LogP contribution in [0.4, 0.5) is 8.78 Å². The fraction of sp³-hybridized carbons (Fsp3) is 0.588. The summed E-state index contributed by atoms with van der Waals surface area (Å²) in [4.78, 5) is 6.50. The van der Waals surface area contributed by atoms with Crippen LogP contribution in [0.5, 0.6) is 0 Å². The third kappa shape index (κ3) is 5.54. The van der Waals surface area contributed by atoms with Crippen LogP contribution in [-0.4, -0.2) is 51.3 Å². The predicted octanol–water partition coefficient (Wildman–Crippen LogP) is 3.23. The Labute approximate surface area is 159 Å². The maximum atomic E-state index is 13.8. The van der Waals surface area contributed by atoms with Crippen LogP contribution in [0.3, 0.4) is 0 Å². The SMILES string of the molecule is CN=C(NCC(C)c1ccc(F)cc1F)N1CCC(COC)C1.I. The zero-order valence-electron chi connectivity index (χ0n) is 14.4. The van der Waals surface area contributed by atoms with Gasteiger partial charge in [-0.05, 0) is 18.1 Å². The molecule has 1 aromatic carbocycles. The van der Waals surface area contributed by atoms with Crippen molar-refractivity contribution >= 4 is 29.9 Å². The Morgan fingerprint density at radius 3 is 2.83 bits per heavy atom. The lowest BCUT2D eigenvalue weighted by atomic mass is 10.0. The van der Waals surface area contributed by atoms with Crippen molar-refractivity contribution in [3.8, 4) is 0 Å². The van der Waals surface area contributed by atoms with Gasteiger partial charge in [-0.25, -0.2) is 8.78 Å². The Hall–Kier alpha value is -0.960. The fourth-order valence-corrected chi connectivity index (χ4v) is 2.98. The molecule has 0 aromatic heterocycles. The number of guanidine groups is 1. The number of benzene rings is 1. The Kier molecular flexibility index (Phi) is 8.90. The van der Waals surface area contributed by atoms with Gasteiger partial charge in [0.1, 0.15) is 11.6 Å². The Morgan fingerprint density at radius 1 is 1.46 bits per heavy atom. The van der Waals surface area contributed by atoms with Gasteiger partial charge in [0.15, 0.2) is 5.96 Å². The predicted molar refractivity (Wildman–Crippen MR) is 103 cm³/mol. The summed E-state index contributed by atoms with van der Waals surface area (Å²) in [6.07, 6.45) is 1.08. The average Bonchev–Trinajstić information content (AvgIpc) is 2.96. The van der Waals surface area contributed by atoms with Crippen LogP contribution in [0.15, 0.2) is 23.2 Å². The summed E-state index contributed by atoms with van der Waals surface area (Å²) in [5.41, 5.74) is 0.507. The van der Waals surface area contributed by atoms with E-state index in [2.05, 4.69) is 15.2 Å². The van der Waals surface area contributed by atoms with Gasteiger partial charge in [0.05, 0.1) is 6.61 Å². The lowest BCUT2D eigenvalue weighted by Gasteiger charge is -2.23. The molecule has 2 rings (SSSR count). The van der Waals surface area contributed by atoms with Crippen molar-refractivity contribution in [2.45, 2.75) is 19.3 Å². The Bertz CT molecular complexity index is 557. The van der Waals surface area contributed by atoms with Crippen LogP contribution < -0.4 is 5.32 Å². The number of ether oxygens (including phenoxy) is 1. The van der Waals surface area contributed by atoms with E-state index < -0.39 is 11.6 Å². The molecule has 1 aliphatic heterocycles. The number of nitrogens with one attached hydrogen (secondary N) is 1. The van der Waals surface area contributed by atoms with E-state index in [-0.39, 0.29) is 29.9 Å². The fourth-order valence-electron chi connectivity index (χ4n) is 2.98. The maximum absolute atomic E-state index is 13.8. The van der Waals surface area contributed by atoms with E-state index in [1.807, 2.05) is 6.92 Å². The van der Waals surface area contributed by atoms with Gasteiger partial charge in [-0.2, -0.15) is 0 Å². The molecule has 2 unspecified atom stereocenters. The molecule has 1 heterocycles. The van der Waals surface area contributed by atoms with Gasteiger partial charge in [-0.15, -0.1) is 24.0 Å². The number of nitrogens with zero attached hydrogens (tertiary/aromatic N) is 2. The van der Waals surface area contributed by atoms with E-state index in [1.165, 1.54) is 12.1 Å². The van der Waals surface area contributed by atoms with Crippen molar-refractivity contribution < 1.29 is 13.5 Å². The highest BCUT2D eigenvalue weighted by Gasteiger charge is 2.25. The first-order valence-electron chi connectivity index (χ1n) is 7.94. The highest BCUT2D eigenvalue weighted by Crippen LogP contribution is 2.20. The van der Waals surface area contributed by atoms with Gasteiger partial charge in [0, 0.05) is 51.7 Å². The number of methoxy groups -OCH3 is 1. The van der Waals surface area contributed by atoms with Crippen LogP contribution in [-0.2, 0) is 4.74 Å². The maximum Gasteiger partial charge on any atom is 0.193 e. The standard InChI is InChI=1S/C17H25F2N3O.HI/c1-12(15-5-4-14(18)8-16(15)19)9-21-17(20-2)22-7-6-13(10-22)11-23-3;/h4-5,8,12-13H,6-7,9-11H2,1-3H3,(H,20,21);1H. The first kappa shape index (κ1) is 21.1. The zero-order valence-corrected chi connectivity index (χ0v) is 16.7. The number of likely N-dealkylation sites (tertiary alicyclic amines) is 1. The summed E-state index contributed by atoms with van der Waals surface area (Å²) >= 11 is 0. The molecule has 1 aliphatic rings. The second-order valence-corrected chi connectivity index (χ2v) is 6.05. The third-order valence-corrected chi connectivity index (χ3v) is 4.26. The lowest BCUT2D eigenvalue weighted by molar-refractivity contribution is 0.157. The molecule has 0 saturated carbocycles. The smallest absolute Gasteiger partial charge is 0.193 e. The highest BCUT2D eigenvalue weighted by atomic mass is 127. The number of hydrogen-bond donors (Lipinski definition) is 1. The summed E-state index contributed by atoms with van der Waals surface area (Å²) in [5.74, 6) is 0.201. The normalized spacial score (nSPS) is 19.1. The average molecular weight is 453 g/mol. The molecule has 0 radical (unpaired) electrons. The highest BCUT2D eigenvalue weighted by molar-refractivity contribution is 14.0. The topological polar surface area (TPSA) is 36.9 Å². The number of halogens is 3. The summed E-state index contributed by atoms with van der Waals surface area (Å²) in [5, 5.41) is 3.29. The number of rotatable bonds is 5. The van der Waals surface area contributed by atoms with Crippen molar-refractivity contribution in [2.24, 2.45) is 10.9 Å². The van der Waals surface area contributed by atoms with Crippen LogP contribution in [0.2, 0.25) is 0 Å². The molecular weight excluding hydrogens is 427 g/mol. The molecule has 0 bridgehead atoms. The van der Waals surface area contributed by atoms with E-state index in [4.69, 9.17) is 4.74 Å². The molecule has 0 amide bonds. The van der Waals surface area contributed by atoms with Gasteiger partial charge in [0.25, 0.3) is 0 Å². The summed E-state index contributed by atoms with van der Waals surface area (Å²) in [7, 11) is 3.46. The second-order valence-electron chi connectivity index (χ2n) is 6.05. The van der Waals surface area contributed by atoms with Crippen molar-refractivity contribution in [1.29, 1.82) is 0 Å². The minimum absolute atomic E-state index is 0. The molecule has 0 spiro atoms. The first-order chi connectivity index (χ1) is 11.0. The molecule has 1 aromatic rings. The largest absolute Gasteiger partial charge is 0.384 e. The summed E-state index contributed by atoms with van der Waals surface area (Å²) in [6, 6.07) is 3.72. The molecule has 1 saturated heterocycles. The molecule has 0 aliphatic carbocycles. The molecule has 7 heteroatoms. The second kappa shape index (κ2) is 10.1. The molecule has 1 N–H and O–H groups in total. The van der Waals surface area contributed by atoms with Gasteiger partial charge in [-0.1, -0.05) is 13.0 Å². The minimum Gasteiger partial charge on any atom is -0.384 e. The van der Waals surface area contributed by atoms with E-state index >= 15 is 0 Å². The molecular formula is C17H26F2IN3O. The van der Waals surface area contributed by atoms with E-state index in [0.29, 0.717) is 18.0 Å². The molecule has 4 nitrogen and oxygen atoms in total. The summed E-state index contributed by atoms with van der Waals surface area (Å²) < 4.78 is 32.0. The van der Waals surface area contributed by atoms with Crippen molar-refractivity contribution in [2.75, 3.05) is 40.4 Å². The van der Waals surface area contributed by atoms with Gasteiger partial charge >= 0.3 is 0 Å². The van der Waals surface area contributed by atoms with Crippen LogP contribution in [0.1, 0.15) is 24.8 Å². The summed E-state index contributed by atoms with van der Waals surface area (Å²) in [6.45, 7) is 5.06. The molecule has 1 fully saturated rings. The molecule has 2 atom stereocenters. The quantitative estimate of drug-likeness (QED) is 0.423. The van der Waals surface area contributed by atoms with Crippen molar-refractivity contribution in [3.05, 3.63) is 35.4 Å².